The van der Waals surface area contributed by atoms with Crippen LogP contribution in [0.15, 0.2) is 116 Å². The molecule has 39 heavy (non-hydrogen) atoms. The van der Waals surface area contributed by atoms with E-state index in [4.69, 9.17) is 9.97 Å². The zero-order chi connectivity index (χ0) is 25.2. The summed E-state index contributed by atoms with van der Waals surface area (Å²) in [7, 11) is 0. The Morgan fingerprint density at radius 3 is 1.74 bits per heavy atom. The van der Waals surface area contributed by atoms with Crippen LogP contribution in [0, 0.1) is 0 Å². The maximum atomic E-state index is 4.86. The van der Waals surface area contributed by atoms with Gasteiger partial charge >= 0.3 is 0 Å². The van der Waals surface area contributed by atoms with Gasteiger partial charge in [-0.2, -0.15) is 0 Å². The lowest BCUT2D eigenvalue weighted by atomic mass is 10.1. The van der Waals surface area contributed by atoms with Crippen molar-refractivity contribution in [2.24, 2.45) is 0 Å². The summed E-state index contributed by atoms with van der Waals surface area (Å²) in [6, 6.07) is 37.0. The molecule has 180 valence electrons. The largest absolute Gasteiger partial charge is 0.305 e. The minimum Gasteiger partial charge on any atom is -0.305 e. The first-order valence-corrected chi connectivity index (χ1v) is 13.2. The third kappa shape index (κ3) is 2.20. The van der Waals surface area contributed by atoms with Crippen molar-refractivity contribution in [2.45, 2.75) is 0 Å². The van der Waals surface area contributed by atoms with Crippen molar-refractivity contribution in [1.82, 2.24) is 23.3 Å². The van der Waals surface area contributed by atoms with Gasteiger partial charge in [0.15, 0.2) is 0 Å². The van der Waals surface area contributed by atoms with E-state index < -0.39 is 0 Å². The Kier molecular flexibility index (Phi) is 3.38. The lowest BCUT2D eigenvalue weighted by molar-refractivity contribution is 1.11. The van der Waals surface area contributed by atoms with Crippen LogP contribution in [-0.2, 0) is 0 Å². The summed E-state index contributed by atoms with van der Waals surface area (Å²) in [6.07, 6.45) is 3.74. The van der Waals surface area contributed by atoms with Gasteiger partial charge in [0, 0.05) is 44.7 Å². The van der Waals surface area contributed by atoms with E-state index in [9.17, 15) is 0 Å². The van der Waals surface area contributed by atoms with Gasteiger partial charge in [0.1, 0.15) is 11.3 Å². The van der Waals surface area contributed by atoms with Crippen LogP contribution in [0.5, 0.6) is 0 Å². The fourth-order valence-electron chi connectivity index (χ4n) is 7.01. The van der Waals surface area contributed by atoms with Gasteiger partial charge in [-0.1, -0.05) is 48.5 Å². The Morgan fingerprint density at radius 1 is 0.410 bits per heavy atom. The van der Waals surface area contributed by atoms with Gasteiger partial charge in [-0.05, 0) is 54.6 Å². The van der Waals surface area contributed by atoms with Crippen LogP contribution in [-0.4, -0.2) is 23.3 Å². The zero-order valence-electron chi connectivity index (χ0n) is 20.7. The maximum Gasteiger partial charge on any atom is 0.146 e. The molecule has 0 unspecified atom stereocenters. The second kappa shape index (κ2) is 6.71. The predicted molar refractivity (Wildman–Crippen MR) is 159 cm³/mol. The Bertz CT molecular complexity index is 2560. The van der Waals surface area contributed by atoms with Gasteiger partial charge in [-0.25, -0.2) is 9.97 Å². The summed E-state index contributed by atoms with van der Waals surface area (Å²) in [5, 5.41) is 7.20. The molecule has 0 amide bonds. The van der Waals surface area contributed by atoms with E-state index in [2.05, 4.69) is 104 Å². The number of hydrogen-bond donors (Lipinski definition) is 0. The van der Waals surface area contributed by atoms with Crippen molar-refractivity contribution in [2.75, 3.05) is 0 Å². The van der Waals surface area contributed by atoms with E-state index in [0.29, 0.717) is 0 Å². The van der Waals surface area contributed by atoms with Gasteiger partial charge in [-0.15, -0.1) is 0 Å². The summed E-state index contributed by atoms with van der Waals surface area (Å²) in [6.45, 7) is 0. The molecule has 10 aromatic rings. The number of nitrogens with zero attached hydrogens (tertiary/aromatic N) is 5. The fraction of sp³-hybridized carbons (Fsp3) is 0. The van der Waals surface area contributed by atoms with Crippen LogP contribution in [0.3, 0.4) is 0 Å². The molecule has 0 radical (unpaired) electrons. The van der Waals surface area contributed by atoms with E-state index in [-0.39, 0.29) is 0 Å². The molecule has 0 aliphatic heterocycles. The molecule has 0 saturated carbocycles. The fourth-order valence-corrected chi connectivity index (χ4v) is 7.01. The first-order chi connectivity index (χ1) is 19.4. The molecule has 5 nitrogen and oxygen atoms in total. The molecule has 6 heterocycles. The number of benzene rings is 4. The average molecular weight is 498 g/mol. The third-order valence-electron chi connectivity index (χ3n) is 8.46. The monoisotopic (exact) mass is 497 g/mol. The van der Waals surface area contributed by atoms with Crippen LogP contribution in [0.4, 0.5) is 0 Å². The highest BCUT2D eigenvalue weighted by Crippen LogP contribution is 2.43. The van der Waals surface area contributed by atoms with Crippen LogP contribution >= 0.6 is 0 Å². The molecule has 0 saturated heterocycles. The molecular weight excluding hydrogens is 478 g/mol. The molecule has 6 aromatic heterocycles. The maximum absolute atomic E-state index is 4.86. The van der Waals surface area contributed by atoms with Gasteiger partial charge < -0.3 is 8.80 Å². The summed E-state index contributed by atoms with van der Waals surface area (Å²) >= 11 is 0. The minimum absolute atomic E-state index is 0.920. The molecule has 5 heteroatoms. The van der Waals surface area contributed by atoms with Crippen molar-refractivity contribution in [3.8, 4) is 5.69 Å². The number of para-hydroxylation sites is 3. The van der Waals surface area contributed by atoms with E-state index >= 15 is 0 Å². The molecule has 0 aliphatic carbocycles. The highest BCUT2D eigenvalue weighted by molar-refractivity contribution is 6.24. The van der Waals surface area contributed by atoms with E-state index in [1.54, 1.807) is 0 Å². The third-order valence-corrected chi connectivity index (χ3v) is 8.46. The quantitative estimate of drug-likeness (QED) is 0.215. The predicted octanol–water partition coefficient (Wildman–Crippen LogP) is 8.13. The summed E-state index contributed by atoms with van der Waals surface area (Å²) in [4.78, 5) is 9.71. The highest BCUT2D eigenvalue weighted by atomic mass is 15.1. The van der Waals surface area contributed by atoms with Crippen molar-refractivity contribution in [1.29, 1.82) is 0 Å². The molecule has 0 atom stereocenters. The summed E-state index contributed by atoms with van der Waals surface area (Å²) < 4.78 is 7.15. The van der Waals surface area contributed by atoms with E-state index in [0.717, 1.165) is 27.8 Å². The lowest BCUT2D eigenvalue weighted by Crippen LogP contribution is -2.01. The summed E-state index contributed by atoms with van der Waals surface area (Å²) in [5.74, 6) is 0. The molecule has 0 spiro atoms. The molecule has 0 bridgehead atoms. The van der Waals surface area contributed by atoms with Crippen LogP contribution in [0.2, 0.25) is 0 Å². The number of pyridine rings is 2. The number of hydrogen-bond acceptors (Lipinski definition) is 2. The first-order valence-electron chi connectivity index (χ1n) is 13.2. The van der Waals surface area contributed by atoms with E-state index in [1.807, 2.05) is 24.5 Å². The van der Waals surface area contributed by atoms with Crippen molar-refractivity contribution in [3.05, 3.63) is 116 Å². The van der Waals surface area contributed by atoms with Gasteiger partial charge in [0.05, 0.1) is 38.8 Å². The highest BCUT2D eigenvalue weighted by Gasteiger charge is 2.24. The standard InChI is InChI=1S/C34H19N5/c1-3-13-25-20(8-1)21-10-5-15-28-31(21)37(25)29-17-16-27(30-24-9-2-4-14-26(24)38(28)32(29)30)39-33-22(11-6-18-35-33)23-12-7-19-36-34(23)39/h1-19H. The lowest BCUT2D eigenvalue weighted by Gasteiger charge is -2.14. The smallest absolute Gasteiger partial charge is 0.146 e. The first kappa shape index (κ1) is 19.7. The molecule has 0 fully saturated rings. The van der Waals surface area contributed by atoms with Gasteiger partial charge in [0.2, 0.25) is 0 Å². The van der Waals surface area contributed by atoms with Crippen molar-refractivity contribution in [3.63, 3.8) is 0 Å². The Labute approximate surface area is 221 Å². The molecule has 10 rings (SSSR count). The van der Waals surface area contributed by atoms with Gasteiger partial charge in [0.25, 0.3) is 0 Å². The van der Waals surface area contributed by atoms with Gasteiger partial charge in [-0.3, -0.25) is 4.57 Å². The van der Waals surface area contributed by atoms with Crippen LogP contribution in [0.1, 0.15) is 0 Å². The zero-order valence-corrected chi connectivity index (χ0v) is 20.7. The molecule has 0 N–H and O–H groups in total. The Morgan fingerprint density at radius 2 is 0.974 bits per heavy atom. The minimum atomic E-state index is 0.920. The number of aromatic nitrogens is 5. The van der Waals surface area contributed by atoms with Crippen molar-refractivity contribution < 1.29 is 0 Å². The molecule has 0 aliphatic rings. The van der Waals surface area contributed by atoms with E-state index in [1.165, 1.54) is 54.6 Å². The van der Waals surface area contributed by atoms with Crippen LogP contribution in [0.25, 0.3) is 82.4 Å². The average Bonchev–Trinajstić information content (AvgIpc) is 3.64. The van der Waals surface area contributed by atoms with Crippen molar-refractivity contribution >= 4 is 76.7 Å². The number of rotatable bonds is 1. The number of fused-ring (bicyclic) bond motifs is 11. The molecule has 4 aromatic carbocycles. The van der Waals surface area contributed by atoms with Crippen LogP contribution < -0.4 is 0 Å². The molecular formula is C34H19N5. The Hall–Kier alpha value is -5.42. The normalized spacial score (nSPS) is 12.6. The summed E-state index contributed by atoms with van der Waals surface area (Å²) in [5.41, 5.74) is 10.2. The second-order valence-electron chi connectivity index (χ2n) is 10.3. The second-order valence-corrected chi connectivity index (χ2v) is 10.3. The SMILES string of the molecule is c1cnc2c(c1)c1cccnc1n2-c1ccc2c3c1c1ccccc1n3c1cccc3c4ccccc4n2c31. The topological polar surface area (TPSA) is 39.5 Å². The Balaban J connectivity index is 1.53.